The van der Waals surface area contributed by atoms with Gasteiger partial charge in [0.05, 0.1) is 17.2 Å². The van der Waals surface area contributed by atoms with Crippen molar-refractivity contribution in [1.82, 2.24) is 20.0 Å². The van der Waals surface area contributed by atoms with Gasteiger partial charge in [0.15, 0.2) is 0 Å². The first-order valence-electron chi connectivity index (χ1n) is 6.88. The molecule has 3 rings (SSSR count). The van der Waals surface area contributed by atoms with Crippen LogP contribution >= 0.6 is 0 Å². The average Bonchev–Trinajstić information content (AvgIpc) is 2.84. The van der Waals surface area contributed by atoms with E-state index in [4.69, 9.17) is 0 Å². The average molecular weight is 293 g/mol. The van der Waals surface area contributed by atoms with Crippen LogP contribution in [0, 0.1) is 6.92 Å². The molecule has 0 saturated carbocycles. The third-order valence-electron chi connectivity index (χ3n) is 3.26. The monoisotopic (exact) mass is 293 g/mol. The van der Waals surface area contributed by atoms with E-state index in [0.717, 1.165) is 22.4 Å². The SMILES string of the molecule is Cc1nc2ccccc2n1CC(=O)N/N=C\c1ccncc1. The summed E-state index contributed by atoms with van der Waals surface area (Å²) in [5, 5.41) is 3.95. The lowest BCUT2D eigenvalue weighted by Crippen LogP contribution is -2.23. The third-order valence-corrected chi connectivity index (χ3v) is 3.26. The molecule has 2 aromatic heterocycles. The predicted molar refractivity (Wildman–Crippen MR) is 84.4 cm³/mol. The fourth-order valence-corrected chi connectivity index (χ4v) is 2.20. The minimum absolute atomic E-state index is 0.181. The number of hydrogen-bond donors (Lipinski definition) is 1. The summed E-state index contributed by atoms with van der Waals surface area (Å²) >= 11 is 0. The molecule has 1 amide bonds. The van der Waals surface area contributed by atoms with Gasteiger partial charge in [0.2, 0.25) is 0 Å². The Morgan fingerprint density at radius 1 is 1.27 bits per heavy atom. The second kappa shape index (κ2) is 6.17. The van der Waals surface area contributed by atoms with Crippen LogP contribution in [0.15, 0.2) is 53.9 Å². The van der Waals surface area contributed by atoms with Crippen LogP contribution in [0.3, 0.4) is 0 Å². The van der Waals surface area contributed by atoms with Crippen LogP contribution in [-0.4, -0.2) is 26.7 Å². The number of imidazole rings is 1. The number of nitrogens with one attached hydrogen (secondary N) is 1. The highest BCUT2D eigenvalue weighted by molar-refractivity contribution is 5.83. The number of nitrogens with zero attached hydrogens (tertiary/aromatic N) is 4. The van der Waals surface area contributed by atoms with Gasteiger partial charge < -0.3 is 4.57 Å². The molecule has 0 aliphatic carbocycles. The van der Waals surface area contributed by atoms with Crippen molar-refractivity contribution >= 4 is 23.2 Å². The Bertz CT molecular complexity index is 823. The molecule has 0 atom stereocenters. The number of amides is 1. The maximum Gasteiger partial charge on any atom is 0.260 e. The van der Waals surface area contributed by atoms with Crippen molar-refractivity contribution in [3.8, 4) is 0 Å². The number of carbonyl (C=O) groups excluding carboxylic acids is 1. The Morgan fingerprint density at radius 3 is 2.86 bits per heavy atom. The summed E-state index contributed by atoms with van der Waals surface area (Å²) in [7, 11) is 0. The number of carbonyl (C=O) groups is 1. The number of aryl methyl sites for hydroxylation is 1. The molecule has 2 heterocycles. The number of rotatable bonds is 4. The maximum atomic E-state index is 12.0. The molecule has 3 aromatic rings. The zero-order chi connectivity index (χ0) is 15.4. The number of hydrazone groups is 1. The molecule has 6 nitrogen and oxygen atoms in total. The van der Waals surface area contributed by atoms with E-state index >= 15 is 0 Å². The van der Waals surface area contributed by atoms with E-state index < -0.39 is 0 Å². The van der Waals surface area contributed by atoms with Crippen molar-refractivity contribution < 1.29 is 4.79 Å². The Kier molecular flexibility index (Phi) is 3.91. The molecule has 110 valence electrons. The second-order valence-electron chi connectivity index (χ2n) is 4.81. The summed E-state index contributed by atoms with van der Waals surface area (Å²) in [4.78, 5) is 20.4. The van der Waals surface area contributed by atoms with E-state index in [0.29, 0.717) is 0 Å². The molecule has 0 radical (unpaired) electrons. The van der Waals surface area contributed by atoms with Gasteiger partial charge in [-0.05, 0) is 36.8 Å². The third kappa shape index (κ3) is 3.01. The summed E-state index contributed by atoms with van der Waals surface area (Å²) in [6.45, 7) is 2.06. The molecule has 0 bridgehead atoms. The summed E-state index contributed by atoms with van der Waals surface area (Å²) in [6, 6.07) is 11.4. The van der Waals surface area contributed by atoms with Gasteiger partial charge in [-0.1, -0.05) is 12.1 Å². The van der Waals surface area contributed by atoms with Crippen LogP contribution < -0.4 is 5.43 Å². The molecular weight excluding hydrogens is 278 g/mol. The van der Waals surface area contributed by atoms with Gasteiger partial charge in [0.25, 0.3) is 5.91 Å². The number of aromatic nitrogens is 3. The van der Waals surface area contributed by atoms with Gasteiger partial charge in [-0.25, -0.2) is 10.4 Å². The Morgan fingerprint density at radius 2 is 2.05 bits per heavy atom. The normalized spacial score (nSPS) is 11.1. The summed E-state index contributed by atoms with van der Waals surface area (Å²) in [6.07, 6.45) is 4.92. The van der Waals surface area contributed by atoms with E-state index in [1.807, 2.05) is 47.9 Å². The topological polar surface area (TPSA) is 72.2 Å². The van der Waals surface area contributed by atoms with E-state index in [9.17, 15) is 4.79 Å². The quantitative estimate of drug-likeness (QED) is 0.590. The standard InChI is InChI=1S/C16H15N5O/c1-12-19-14-4-2-3-5-15(14)21(12)11-16(22)20-18-10-13-6-8-17-9-7-13/h2-10H,11H2,1H3,(H,20,22)/b18-10-. The Labute approximate surface area is 127 Å². The van der Waals surface area contributed by atoms with Gasteiger partial charge in [0, 0.05) is 12.4 Å². The lowest BCUT2D eigenvalue weighted by molar-refractivity contribution is -0.121. The molecule has 0 aliphatic rings. The van der Waals surface area contributed by atoms with Crippen LogP contribution in [0.5, 0.6) is 0 Å². The molecule has 0 unspecified atom stereocenters. The predicted octanol–water partition coefficient (Wildman–Crippen LogP) is 1.89. The fraction of sp³-hybridized carbons (Fsp3) is 0.125. The molecule has 0 fully saturated rings. The van der Waals surface area contributed by atoms with Crippen LogP contribution in [-0.2, 0) is 11.3 Å². The molecule has 0 aliphatic heterocycles. The zero-order valence-electron chi connectivity index (χ0n) is 12.1. The van der Waals surface area contributed by atoms with Crippen molar-refractivity contribution in [3.05, 3.63) is 60.2 Å². The lowest BCUT2D eigenvalue weighted by Gasteiger charge is -2.05. The molecule has 0 saturated heterocycles. The first kappa shape index (κ1) is 13.9. The van der Waals surface area contributed by atoms with Gasteiger partial charge in [-0.2, -0.15) is 5.10 Å². The van der Waals surface area contributed by atoms with Crippen molar-refractivity contribution in [3.63, 3.8) is 0 Å². The number of hydrogen-bond acceptors (Lipinski definition) is 4. The first-order valence-corrected chi connectivity index (χ1v) is 6.88. The summed E-state index contributed by atoms with van der Waals surface area (Å²) in [5.41, 5.74) is 5.22. The molecule has 1 N–H and O–H groups in total. The minimum atomic E-state index is -0.198. The number of para-hydroxylation sites is 2. The fourth-order valence-electron chi connectivity index (χ4n) is 2.20. The van der Waals surface area contributed by atoms with Crippen LogP contribution in [0.25, 0.3) is 11.0 Å². The van der Waals surface area contributed by atoms with Crippen molar-refractivity contribution in [1.29, 1.82) is 0 Å². The molecule has 6 heteroatoms. The molecule has 22 heavy (non-hydrogen) atoms. The van der Waals surface area contributed by atoms with E-state index in [-0.39, 0.29) is 12.5 Å². The first-order chi connectivity index (χ1) is 10.7. The highest BCUT2D eigenvalue weighted by Crippen LogP contribution is 2.14. The van der Waals surface area contributed by atoms with Crippen LogP contribution in [0.1, 0.15) is 11.4 Å². The number of fused-ring (bicyclic) bond motifs is 1. The van der Waals surface area contributed by atoms with Gasteiger partial charge in [0.1, 0.15) is 12.4 Å². The van der Waals surface area contributed by atoms with Crippen LogP contribution in [0.2, 0.25) is 0 Å². The number of benzene rings is 1. The van der Waals surface area contributed by atoms with E-state index in [1.54, 1.807) is 18.6 Å². The van der Waals surface area contributed by atoms with Gasteiger partial charge in [-0.3, -0.25) is 9.78 Å². The van der Waals surface area contributed by atoms with Crippen molar-refractivity contribution in [2.24, 2.45) is 5.10 Å². The van der Waals surface area contributed by atoms with E-state index in [2.05, 4.69) is 20.5 Å². The smallest absolute Gasteiger partial charge is 0.260 e. The van der Waals surface area contributed by atoms with Gasteiger partial charge >= 0.3 is 0 Å². The maximum absolute atomic E-state index is 12.0. The van der Waals surface area contributed by atoms with Crippen molar-refractivity contribution in [2.45, 2.75) is 13.5 Å². The largest absolute Gasteiger partial charge is 0.319 e. The minimum Gasteiger partial charge on any atom is -0.319 e. The highest BCUT2D eigenvalue weighted by Gasteiger charge is 2.09. The van der Waals surface area contributed by atoms with Crippen LogP contribution in [0.4, 0.5) is 0 Å². The van der Waals surface area contributed by atoms with E-state index in [1.165, 1.54) is 0 Å². The molecule has 1 aromatic carbocycles. The Hall–Kier alpha value is -3.02. The lowest BCUT2D eigenvalue weighted by atomic mass is 10.3. The summed E-state index contributed by atoms with van der Waals surface area (Å²) < 4.78 is 1.87. The summed E-state index contributed by atoms with van der Waals surface area (Å²) in [5.74, 6) is 0.603. The number of pyridine rings is 1. The zero-order valence-corrected chi connectivity index (χ0v) is 12.1. The Balaban J connectivity index is 1.69. The van der Waals surface area contributed by atoms with Gasteiger partial charge in [-0.15, -0.1) is 0 Å². The second-order valence-corrected chi connectivity index (χ2v) is 4.81. The molecular formula is C16H15N5O. The van der Waals surface area contributed by atoms with Crippen molar-refractivity contribution in [2.75, 3.05) is 0 Å². The highest BCUT2D eigenvalue weighted by atomic mass is 16.2. The molecule has 0 spiro atoms.